The summed E-state index contributed by atoms with van der Waals surface area (Å²) in [7, 11) is 2.00. The maximum absolute atomic E-state index is 12.3. The van der Waals surface area contributed by atoms with Gasteiger partial charge in [0.25, 0.3) is 0 Å². The van der Waals surface area contributed by atoms with Gasteiger partial charge in [0, 0.05) is 13.1 Å². The van der Waals surface area contributed by atoms with Crippen molar-refractivity contribution >= 4 is 5.91 Å². The van der Waals surface area contributed by atoms with Gasteiger partial charge in [-0.15, -0.1) is 0 Å². The van der Waals surface area contributed by atoms with Crippen molar-refractivity contribution < 1.29 is 4.79 Å². The lowest BCUT2D eigenvalue weighted by molar-refractivity contribution is -0.134. The molecule has 3 nitrogen and oxygen atoms in total. The minimum atomic E-state index is 0.330. The van der Waals surface area contributed by atoms with Gasteiger partial charge >= 0.3 is 0 Å². The smallest absolute Gasteiger partial charge is 0.236 e. The lowest BCUT2D eigenvalue weighted by atomic mass is 9.94. The fourth-order valence-electron chi connectivity index (χ4n) is 3.19. The van der Waals surface area contributed by atoms with Crippen LogP contribution in [-0.2, 0) is 4.79 Å². The average molecular weight is 252 g/mol. The number of hydrogen-bond acceptors (Lipinski definition) is 2. The Bertz CT molecular complexity index is 266. The zero-order chi connectivity index (χ0) is 13.0. The first-order chi connectivity index (χ1) is 8.66. The molecule has 2 fully saturated rings. The maximum Gasteiger partial charge on any atom is 0.236 e. The number of nitrogens with zero attached hydrogens (tertiary/aromatic N) is 2. The molecular weight excluding hydrogens is 224 g/mol. The minimum absolute atomic E-state index is 0.330. The van der Waals surface area contributed by atoms with Crippen molar-refractivity contribution in [2.45, 2.75) is 57.9 Å². The molecule has 0 atom stereocenters. The van der Waals surface area contributed by atoms with E-state index in [1.807, 2.05) is 11.9 Å². The Morgan fingerprint density at radius 2 is 1.72 bits per heavy atom. The lowest BCUT2D eigenvalue weighted by Crippen LogP contribution is -2.45. The zero-order valence-electron chi connectivity index (χ0n) is 12.0. The Balaban J connectivity index is 1.76. The van der Waals surface area contributed by atoms with E-state index in [2.05, 4.69) is 11.8 Å². The molecule has 0 aromatic heterocycles. The van der Waals surface area contributed by atoms with E-state index in [9.17, 15) is 4.79 Å². The van der Waals surface area contributed by atoms with E-state index >= 15 is 0 Å². The van der Waals surface area contributed by atoms with Gasteiger partial charge in [-0.05, 0) is 44.7 Å². The molecule has 18 heavy (non-hydrogen) atoms. The van der Waals surface area contributed by atoms with E-state index in [0.29, 0.717) is 18.5 Å². The molecule has 1 aliphatic heterocycles. The van der Waals surface area contributed by atoms with Gasteiger partial charge in [-0.1, -0.05) is 26.2 Å². The van der Waals surface area contributed by atoms with Crippen LogP contribution in [0.5, 0.6) is 0 Å². The van der Waals surface area contributed by atoms with Crippen LogP contribution in [0.25, 0.3) is 0 Å². The molecule has 1 saturated heterocycles. The summed E-state index contributed by atoms with van der Waals surface area (Å²) >= 11 is 0. The average Bonchev–Trinajstić information content (AvgIpc) is 2.41. The largest absolute Gasteiger partial charge is 0.342 e. The van der Waals surface area contributed by atoms with Gasteiger partial charge in [0.1, 0.15) is 0 Å². The number of piperidine rings is 1. The third kappa shape index (κ3) is 3.71. The monoisotopic (exact) mass is 252 g/mol. The molecule has 2 aliphatic rings. The van der Waals surface area contributed by atoms with Crippen LogP contribution in [0.4, 0.5) is 0 Å². The number of likely N-dealkylation sites (N-methyl/N-ethyl adjacent to an activating group) is 1. The molecule has 1 heterocycles. The summed E-state index contributed by atoms with van der Waals surface area (Å²) in [4.78, 5) is 16.6. The van der Waals surface area contributed by atoms with Gasteiger partial charge in [-0.25, -0.2) is 0 Å². The Kier molecular flexibility index (Phi) is 5.04. The first-order valence-corrected chi connectivity index (χ1v) is 7.65. The zero-order valence-corrected chi connectivity index (χ0v) is 12.0. The fraction of sp³-hybridized carbons (Fsp3) is 0.933. The standard InChI is InChI=1S/C15H28N2O/c1-13-8-10-17(11-9-13)12-15(18)16(2)14-6-4-3-5-7-14/h13-14H,3-12H2,1-2H3. The summed E-state index contributed by atoms with van der Waals surface area (Å²) < 4.78 is 0. The van der Waals surface area contributed by atoms with Crippen molar-refractivity contribution in [3.05, 3.63) is 0 Å². The van der Waals surface area contributed by atoms with E-state index in [4.69, 9.17) is 0 Å². The van der Waals surface area contributed by atoms with Crippen LogP contribution in [0, 0.1) is 5.92 Å². The molecule has 0 N–H and O–H groups in total. The Morgan fingerprint density at radius 3 is 2.33 bits per heavy atom. The number of carbonyl (C=O) groups is 1. The van der Waals surface area contributed by atoms with Crippen molar-refractivity contribution in [3.8, 4) is 0 Å². The molecule has 2 rings (SSSR count). The first kappa shape index (κ1) is 13.9. The van der Waals surface area contributed by atoms with Gasteiger partial charge in [0.15, 0.2) is 0 Å². The topological polar surface area (TPSA) is 23.6 Å². The van der Waals surface area contributed by atoms with E-state index in [0.717, 1.165) is 19.0 Å². The maximum atomic E-state index is 12.3. The summed E-state index contributed by atoms with van der Waals surface area (Å²) in [6.45, 7) is 5.16. The lowest BCUT2D eigenvalue weighted by Gasteiger charge is -2.35. The third-order valence-electron chi connectivity index (χ3n) is 4.75. The SMILES string of the molecule is CC1CCN(CC(=O)N(C)C2CCCCC2)CC1. The summed E-state index contributed by atoms with van der Waals surface area (Å²) in [5.41, 5.74) is 0. The van der Waals surface area contributed by atoms with Crippen molar-refractivity contribution in [1.29, 1.82) is 0 Å². The summed E-state index contributed by atoms with van der Waals surface area (Å²) in [5.74, 6) is 1.17. The third-order valence-corrected chi connectivity index (χ3v) is 4.75. The summed E-state index contributed by atoms with van der Waals surface area (Å²) in [5, 5.41) is 0. The molecule has 0 bridgehead atoms. The molecule has 0 unspecified atom stereocenters. The van der Waals surface area contributed by atoms with Gasteiger partial charge in [-0.3, -0.25) is 9.69 Å². The Labute approximate surface area is 112 Å². The first-order valence-electron chi connectivity index (χ1n) is 7.65. The normalized spacial score (nSPS) is 24.1. The Hall–Kier alpha value is -0.570. The van der Waals surface area contributed by atoms with Crippen LogP contribution in [0.1, 0.15) is 51.9 Å². The number of rotatable bonds is 3. The van der Waals surface area contributed by atoms with E-state index in [1.165, 1.54) is 44.9 Å². The Morgan fingerprint density at radius 1 is 1.11 bits per heavy atom. The molecule has 1 saturated carbocycles. The molecule has 104 valence electrons. The highest BCUT2D eigenvalue weighted by molar-refractivity contribution is 5.78. The van der Waals surface area contributed by atoms with Crippen LogP contribution in [-0.4, -0.2) is 48.4 Å². The van der Waals surface area contributed by atoms with Gasteiger partial charge < -0.3 is 4.90 Å². The fourth-order valence-corrected chi connectivity index (χ4v) is 3.19. The highest BCUT2D eigenvalue weighted by atomic mass is 16.2. The van der Waals surface area contributed by atoms with Crippen LogP contribution >= 0.6 is 0 Å². The predicted molar refractivity (Wildman–Crippen MR) is 74.5 cm³/mol. The van der Waals surface area contributed by atoms with E-state index in [1.54, 1.807) is 0 Å². The van der Waals surface area contributed by atoms with Crippen LogP contribution in [0.2, 0.25) is 0 Å². The summed E-state index contributed by atoms with van der Waals surface area (Å²) in [6, 6.07) is 0.509. The van der Waals surface area contributed by atoms with Gasteiger partial charge in [-0.2, -0.15) is 0 Å². The second-order valence-electron chi connectivity index (χ2n) is 6.26. The van der Waals surface area contributed by atoms with Crippen LogP contribution in [0.3, 0.4) is 0 Å². The summed E-state index contributed by atoms with van der Waals surface area (Å²) in [6.07, 6.45) is 8.86. The second kappa shape index (κ2) is 6.55. The molecular formula is C15H28N2O. The number of amides is 1. The predicted octanol–water partition coefficient (Wildman–Crippen LogP) is 2.51. The molecule has 0 aromatic carbocycles. The van der Waals surface area contributed by atoms with Crippen molar-refractivity contribution in [2.75, 3.05) is 26.7 Å². The minimum Gasteiger partial charge on any atom is -0.342 e. The molecule has 1 amide bonds. The van der Waals surface area contributed by atoms with E-state index in [-0.39, 0.29) is 0 Å². The van der Waals surface area contributed by atoms with Gasteiger partial charge in [0.2, 0.25) is 5.91 Å². The van der Waals surface area contributed by atoms with Crippen molar-refractivity contribution in [2.24, 2.45) is 5.92 Å². The molecule has 3 heteroatoms. The molecule has 0 spiro atoms. The quantitative estimate of drug-likeness (QED) is 0.770. The van der Waals surface area contributed by atoms with Crippen LogP contribution < -0.4 is 0 Å². The van der Waals surface area contributed by atoms with Crippen molar-refractivity contribution in [3.63, 3.8) is 0 Å². The second-order valence-corrected chi connectivity index (χ2v) is 6.26. The number of hydrogen-bond donors (Lipinski definition) is 0. The number of carbonyl (C=O) groups excluding carboxylic acids is 1. The van der Waals surface area contributed by atoms with Crippen LogP contribution in [0.15, 0.2) is 0 Å². The molecule has 0 aromatic rings. The highest BCUT2D eigenvalue weighted by Gasteiger charge is 2.24. The molecule has 1 aliphatic carbocycles. The van der Waals surface area contributed by atoms with Gasteiger partial charge in [0.05, 0.1) is 6.54 Å². The number of likely N-dealkylation sites (tertiary alicyclic amines) is 1. The van der Waals surface area contributed by atoms with E-state index < -0.39 is 0 Å². The molecule has 0 radical (unpaired) electrons. The van der Waals surface area contributed by atoms with Crippen molar-refractivity contribution in [1.82, 2.24) is 9.80 Å². The highest BCUT2D eigenvalue weighted by Crippen LogP contribution is 2.22.